The van der Waals surface area contributed by atoms with Gasteiger partial charge in [-0.15, -0.1) is 0 Å². The fourth-order valence-corrected chi connectivity index (χ4v) is 3.02. The predicted molar refractivity (Wildman–Crippen MR) is 100 cm³/mol. The van der Waals surface area contributed by atoms with Gasteiger partial charge in [-0.2, -0.15) is 0 Å². The molecule has 1 aromatic rings. The third-order valence-corrected chi connectivity index (χ3v) is 4.78. The molecule has 5 nitrogen and oxygen atoms in total. The quantitative estimate of drug-likeness (QED) is 0.811. The standard InChI is InChI=1S/C21H29NO4/c1-19(2,3)15-12-21(20(4,5)6,26-18(15)25)16(23)17(24)22-13-14-10-8-7-9-11-14/h7-12,16,23H,13H2,1-6H3,(H,22,24). The molecule has 142 valence electrons. The van der Waals surface area contributed by atoms with Gasteiger partial charge in [0.2, 0.25) is 0 Å². The van der Waals surface area contributed by atoms with Gasteiger partial charge in [-0.05, 0) is 17.1 Å². The summed E-state index contributed by atoms with van der Waals surface area (Å²) in [4.78, 5) is 25.1. The number of ether oxygens (including phenoxy) is 1. The molecule has 2 unspecified atom stereocenters. The molecule has 5 heteroatoms. The molecule has 1 aromatic carbocycles. The molecule has 1 aliphatic heterocycles. The van der Waals surface area contributed by atoms with Crippen LogP contribution in [0.1, 0.15) is 47.1 Å². The molecule has 26 heavy (non-hydrogen) atoms. The molecule has 0 saturated carbocycles. The molecule has 2 rings (SSSR count). The minimum atomic E-state index is -1.50. The van der Waals surface area contributed by atoms with Crippen LogP contribution in [0.25, 0.3) is 0 Å². The molecule has 0 radical (unpaired) electrons. The summed E-state index contributed by atoms with van der Waals surface area (Å²) < 4.78 is 5.65. The van der Waals surface area contributed by atoms with Crippen LogP contribution in [-0.4, -0.2) is 28.7 Å². The van der Waals surface area contributed by atoms with Crippen LogP contribution in [0.15, 0.2) is 42.0 Å². The maximum atomic E-state index is 12.6. The van der Waals surface area contributed by atoms with E-state index in [2.05, 4.69) is 5.32 Å². The number of rotatable bonds is 4. The van der Waals surface area contributed by atoms with E-state index in [0.29, 0.717) is 12.1 Å². The first-order chi connectivity index (χ1) is 11.9. The highest BCUT2D eigenvalue weighted by Crippen LogP contribution is 2.46. The fourth-order valence-electron chi connectivity index (χ4n) is 3.02. The summed E-state index contributed by atoms with van der Waals surface area (Å²) in [5, 5.41) is 13.6. The SMILES string of the molecule is CC(C)(C)C1=CC(C(O)C(=O)NCc2ccccc2)(C(C)(C)C)OC1=O. The summed E-state index contributed by atoms with van der Waals surface area (Å²) in [5.41, 5.74) is -1.12. The Morgan fingerprint density at radius 3 is 2.19 bits per heavy atom. The zero-order chi connectivity index (χ0) is 19.8. The second kappa shape index (κ2) is 6.88. The van der Waals surface area contributed by atoms with Gasteiger partial charge in [0.05, 0.1) is 0 Å². The van der Waals surface area contributed by atoms with E-state index < -0.39 is 34.4 Å². The lowest BCUT2D eigenvalue weighted by Crippen LogP contribution is -2.57. The number of cyclic esters (lactones) is 1. The Balaban J connectivity index is 2.29. The van der Waals surface area contributed by atoms with E-state index in [0.717, 1.165) is 5.56 Å². The lowest BCUT2D eigenvalue weighted by atomic mass is 9.71. The molecule has 1 aliphatic rings. The summed E-state index contributed by atoms with van der Waals surface area (Å²) in [6.45, 7) is 11.5. The van der Waals surface area contributed by atoms with Crippen LogP contribution in [0.2, 0.25) is 0 Å². The van der Waals surface area contributed by atoms with Crippen molar-refractivity contribution in [2.24, 2.45) is 10.8 Å². The van der Waals surface area contributed by atoms with Crippen LogP contribution in [0.3, 0.4) is 0 Å². The third kappa shape index (κ3) is 3.83. The van der Waals surface area contributed by atoms with Crippen molar-refractivity contribution in [1.82, 2.24) is 5.32 Å². The van der Waals surface area contributed by atoms with Crippen LogP contribution >= 0.6 is 0 Å². The van der Waals surface area contributed by atoms with E-state index in [1.165, 1.54) is 0 Å². The Kier molecular flexibility index (Phi) is 5.34. The maximum absolute atomic E-state index is 12.6. The van der Waals surface area contributed by atoms with Crippen molar-refractivity contribution < 1.29 is 19.4 Å². The zero-order valence-electron chi connectivity index (χ0n) is 16.4. The van der Waals surface area contributed by atoms with Gasteiger partial charge in [-0.1, -0.05) is 71.9 Å². The Labute approximate surface area is 155 Å². The number of benzene rings is 1. The minimum absolute atomic E-state index is 0.292. The summed E-state index contributed by atoms with van der Waals surface area (Å²) in [5.74, 6) is -1.05. The molecular weight excluding hydrogens is 330 g/mol. The molecule has 2 N–H and O–H groups in total. The highest BCUT2D eigenvalue weighted by Gasteiger charge is 2.57. The van der Waals surface area contributed by atoms with E-state index in [1.54, 1.807) is 6.08 Å². The molecular formula is C21H29NO4. The second-order valence-corrected chi connectivity index (χ2v) is 8.85. The lowest BCUT2D eigenvalue weighted by molar-refractivity contribution is -0.176. The van der Waals surface area contributed by atoms with Crippen molar-refractivity contribution in [2.75, 3.05) is 0 Å². The number of esters is 1. The third-order valence-electron chi connectivity index (χ3n) is 4.78. The van der Waals surface area contributed by atoms with Gasteiger partial charge < -0.3 is 15.2 Å². The van der Waals surface area contributed by atoms with Gasteiger partial charge in [-0.3, -0.25) is 4.79 Å². The van der Waals surface area contributed by atoms with Crippen molar-refractivity contribution >= 4 is 11.9 Å². The molecule has 0 aromatic heterocycles. The predicted octanol–water partition coefficient (Wildman–Crippen LogP) is 2.98. The van der Waals surface area contributed by atoms with E-state index in [9.17, 15) is 14.7 Å². The first-order valence-electron chi connectivity index (χ1n) is 8.85. The monoisotopic (exact) mass is 359 g/mol. The van der Waals surface area contributed by atoms with Gasteiger partial charge in [0.15, 0.2) is 11.7 Å². The number of aliphatic hydroxyl groups excluding tert-OH is 1. The first-order valence-corrected chi connectivity index (χ1v) is 8.85. The average Bonchev–Trinajstić information content (AvgIpc) is 2.91. The van der Waals surface area contributed by atoms with Crippen LogP contribution < -0.4 is 5.32 Å². The van der Waals surface area contributed by atoms with E-state index in [4.69, 9.17) is 4.74 Å². The number of carbonyl (C=O) groups excluding carboxylic acids is 2. The van der Waals surface area contributed by atoms with E-state index >= 15 is 0 Å². The molecule has 0 bridgehead atoms. The van der Waals surface area contributed by atoms with Crippen LogP contribution in [0.5, 0.6) is 0 Å². The van der Waals surface area contributed by atoms with Crippen LogP contribution in [0, 0.1) is 10.8 Å². The molecule has 0 saturated heterocycles. The normalized spacial score (nSPS) is 21.8. The minimum Gasteiger partial charge on any atom is -0.447 e. The van der Waals surface area contributed by atoms with Gasteiger partial charge in [0.1, 0.15) is 0 Å². The highest BCUT2D eigenvalue weighted by atomic mass is 16.6. The number of nitrogens with one attached hydrogen (secondary N) is 1. The molecule has 2 atom stereocenters. The molecule has 0 aliphatic carbocycles. The van der Waals surface area contributed by atoms with Gasteiger partial charge >= 0.3 is 5.97 Å². The van der Waals surface area contributed by atoms with Crippen molar-refractivity contribution in [2.45, 2.75) is 59.8 Å². The largest absolute Gasteiger partial charge is 0.447 e. The number of amides is 1. The summed E-state index contributed by atoms with van der Waals surface area (Å²) in [6.07, 6.45) is 0.136. The van der Waals surface area contributed by atoms with Gasteiger partial charge in [0, 0.05) is 17.5 Å². The number of carbonyl (C=O) groups is 2. The Hall–Kier alpha value is -2.14. The first kappa shape index (κ1) is 20.2. The van der Waals surface area contributed by atoms with Crippen LogP contribution in [-0.2, 0) is 20.9 Å². The van der Waals surface area contributed by atoms with Gasteiger partial charge in [-0.25, -0.2) is 4.79 Å². The van der Waals surface area contributed by atoms with Crippen molar-refractivity contribution in [3.8, 4) is 0 Å². The molecule has 1 heterocycles. The van der Waals surface area contributed by atoms with Crippen LogP contribution in [0.4, 0.5) is 0 Å². The lowest BCUT2D eigenvalue weighted by Gasteiger charge is -2.41. The molecule has 0 fully saturated rings. The Bertz CT molecular complexity index is 710. The fraction of sp³-hybridized carbons (Fsp3) is 0.524. The topological polar surface area (TPSA) is 75.6 Å². The van der Waals surface area contributed by atoms with Crippen molar-refractivity contribution in [3.63, 3.8) is 0 Å². The Morgan fingerprint density at radius 1 is 1.15 bits per heavy atom. The van der Waals surface area contributed by atoms with Gasteiger partial charge in [0.25, 0.3) is 5.91 Å². The second-order valence-electron chi connectivity index (χ2n) is 8.85. The zero-order valence-corrected chi connectivity index (χ0v) is 16.4. The Morgan fingerprint density at radius 2 is 1.73 bits per heavy atom. The van der Waals surface area contributed by atoms with E-state index in [-0.39, 0.29) is 0 Å². The summed E-state index contributed by atoms with van der Waals surface area (Å²) in [6, 6.07) is 9.43. The highest BCUT2D eigenvalue weighted by molar-refractivity contribution is 5.95. The summed E-state index contributed by atoms with van der Waals surface area (Å²) in [7, 11) is 0. The number of hydrogen-bond donors (Lipinski definition) is 2. The summed E-state index contributed by atoms with van der Waals surface area (Å²) >= 11 is 0. The molecule has 0 spiro atoms. The number of hydrogen-bond acceptors (Lipinski definition) is 4. The van der Waals surface area contributed by atoms with Crippen molar-refractivity contribution in [1.29, 1.82) is 0 Å². The molecule has 1 amide bonds. The maximum Gasteiger partial charge on any atom is 0.335 e. The smallest absolute Gasteiger partial charge is 0.335 e. The van der Waals surface area contributed by atoms with E-state index in [1.807, 2.05) is 71.9 Å². The average molecular weight is 359 g/mol. The van der Waals surface area contributed by atoms with Crippen molar-refractivity contribution in [3.05, 3.63) is 47.5 Å². The number of aliphatic hydroxyl groups is 1.